The van der Waals surface area contributed by atoms with Gasteiger partial charge in [-0.3, -0.25) is 0 Å². The van der Waals surface area contributed by atoms with Gasteiger partial charge in [-0.15, -0.1) is 0 Å². The van der Waals surface area contributed by atoms with Crippen LogP contribution < -0.4 is 10.6 Å². The van der Waals surface area contributed by atoms with Crippen LogP contribution in [-0.4, -0.2) is 25.2 Å². The van der Waals surface area contributed by atoms with E-state index in [0.29, 0.717) is 0 Å². The molecule has 17 heavy (non-hydrogen) atoms. The number of hydrogen-bond acceptors (Lipinski definition) is 2. The van der Waals surface area contributed by atoms with Crippen LogP contribution in [0.25, 0.3) is 0 Å². The molecule has 2 bridgehead atoms. The molecule has 2 heterocycles. The molecular weight excluding hydrogens is 208 g/mol. The summed E-state index contributed by atoms with van der Waals surface area (Å²) < 4.78 is 0. The summed E-state index contributed by atoms with van der Waals surface area (Å²) in [6.07, 6.45) is 9.77. The Bertz CT molecular complexity index is 201. The molecular formula is C15H30N2. The molecule has 2 heteroatoms. The zero-order valence-electron chi connectivity index (χ0n) is 11.7. The van der Waals surface area contributed by atoms with Crippen LogP contribution in [0.5, 0.6) is 0 Å². The summed E-state index contributed by atoms with van der Waals surface area (Å²) in [6, 6.07) is 1.72. The van der Waals surface area contributed by atoms with Crippen LogP contribution in [0.4, 0.5) is 0 Å². The van der Waals surface area contributed by atoms with Crippen molar-refractivity contribution in [2.75, 3.05) is 13.1 Å². The first-order chi connectivity index (χ1) is 8.31. The fourth-order valence-corrected chi connectivity index (χ4v) is 3.60. The second-order valence-electron chi connectivity index (χ2n) is 6.15. The van der Waals surface area contributed by atoms with E-state index in [1.807, 2.05) is 0 Å². The molecule has 0 radical (unpaired) electrons. The van der Waals surface area contributed by atoms with E-state index in [9.17, 15) is 0 Å². The Hall–Kier alpha value is -0.0800. The van der Waals surface area contributed by atoms with Crippen molar-refractivity contribution in [3.63, 3.8) is 0 Å². The van der Waals surface area contributed by atoms with Gasteiger partial charge in [-0.2, -0.15) is 0 Å². The van der Waals surface area contributed by atoms with E-state index in [0.717, 1.165) is 23.9 Å². The van der Waals surface area contributed by atoms with Gasteiger partial charge in [0.05, 0.1) is 0 Å². The predicted molar refractivity (Wildman–Crippen MR) is 74.2 cm³/mol. The van der Waals surface area contributed by atoms with Crippen LogP contribution in [0.15, 0.2) is 0 Å². The van der Waals surface area contributed by atoms with Crippen molar-refractivity contribution >= 4 is 0 Å². The SMILES string of the molecule is CCC(CC)CNCCC1CC2CCC(C1)N2. The minimum Gasteiger partial charge on any atom is -0.316 e. The van der Waals surface area contributed by atoms with Crippen LogP contribution in [0.2, 0.25) is 0 Å². The molecule has 0 aromatic carbocycles. The topological polar surface area (TPSA) is 24.1 Å². The van der Waals surface area contributed by atoms with E-state index in [2.05, 4.69) is 24.5 Å². The summed E-state index contributed by atoms with van der Waals surface area (Å²) in [5, 5.41) is 7.39. The van der Waals surface area contributed by atoms with Crippen LogP contribution in [-0.2, 0) is 0 Å². The van der Waals surface area contributed by atoms with Crippen LogP contribution in [0.3, 0.4) is 0 Å². The minimum absolute atomic E-state index is 0.859. The number of fused-ring (bicyclic) bond motifs is 2. The van der Waals surface area contributed by atoms with E-state index in [4.69, 9.17) is 0 Å². The number of hydrogen-bond donors (Lipinski definition) is 2. The highest BCUT2D eigenvalue weighted by Crippen LogP contribution is 2.32. The average Bonchev–Trinajstić information content (AvgIpc) is 2.69. The predicted octanol–water partition coefficient (Wildman–Crippen LogP) is 2.93. The summed E-state index contributed by atoms with van der Waals surface area (Å²) in [5.74, 6) is 1.88. The lowest BCUT2D eigenvalue weighted by atomic mass is 9.89. The second kappa shape index (κ2) is 6.75. The molecule has 2 unspecified atom stereocenters. The number of rotatable bonds is 7. The Morgan fingerprint density at radius 1 is 1.12 bits per heavy atom. The van der Waals surface area contributed by atoms with Crippen LogP contribution >= 0.6 is 0 Å². The molecule has 2 aliphatic rings. The molecule has 2 saturated heterocycles. The Labute approximate surface area is 107 Å². The third kappa shape index (κ3) is 3.96. The smallest absolute Gasteiger partial charge is 0.00728 e. The molecule has 100 valence electrons. The van der Waals surface area contributed by atoms with Gasteiger partial charge in [0.1, 0.15) is 0 Å². The fraction of sp³-hybridized carbons (Fsp3) is 1.00. The number of piperidine rings is 1. The lowest BCUT2D eigenvalue weighted by Crippen LogP contribution is -2.39. The molecule has 0 saturated carbocycles. The lowest BCUT2D eigenvalue weighted by molar-refractivity contribution is 0.281. The highest BCUT2D eigenvalue weighted by atomic mass is 15.0. The van der Waals surface area contributed by atoms with Gasteiger partial charge in [-0.1, -0.05) is 26.7 Å². The summed E-state index contributed by atoms with van der Waals surface area (Å²) in [4.78, 5) is 0. The summed E-state index contributed by atoms with van der Waals surface area (Å²) >= 11 is 0. The van der Waals surface area contributed by atoms with Crippen molar-refractivity contribution < 1.29 is 0 Å². The van der Waals surface area contributed by atoms with Gasteiger partial charge in [0, 0.05) is 12.1 Å². The summed E-state index contributed by atoms with van der Waals surface area (Å²) in [7, 11) is 0. The molecule has 0 aromatic heterocycles. The zero-order chi connectivity index (χ0) is 12.1. The van der Waals surface area contributed by atoms with E-state index in [1.165, 1.54) is 58.0 Å². The van der Waals surface area contributed by atoms with Gasteiger partial charge < -0.3 is 10.6 Å². The standard InChI is InChI=1S/C15H30N2/c1-3-12(4-2)11-16-8-7-13-9-14-5-6-15(10-13)17-14/h12-17H,3-11H2,1-2H3. The van der Waals surface area contributed by atoms with Crippen molar-refractivity contribution in [2.45, 2.75) is 70.9 Å². The van der Waals surface area contributed by atoms with E-state index >= 15 is 0 Å². The first-order valence-corrected chi connectivity index (χ1v) is 7.78. The fourth-order valence-electron chi connectivity index (χ4n) is 3.60. The van der Waals surface area contributed by atoms with E-state index < -0.39 is 0 Å². The molecule has 0 amide bonds. The van der Waals surface area contributed by atoms with Gasteiger partial charge in [0.25, 0.3) is 0 Å². The molecule has 2 aliphatic heterocycles. The maximum absolute atomic E-state index is 3.73. The minimum atomic E-state index is 0.859. The van der Waals surface area contributed by atoms with Gasteiger partial charge in [0.2, 0.25) is 0 Å². The third-order valence-corrected chi connectivity index (χ3v) is 4.89. The third-order valence-electron chi connectivity index (χ3n) is 4.89. The maximum atomic E-state index is 3.73. The highest BCUT2D eigenvalue weighted by molar-refractivity contribution is 4.91. The Morgan fingerprint density at radius 3 is 2.35 bits per heavy atom. The lowest BCUT2D eigenvalue weighted by Gasteiger charge is -2.29. The molecule has 0 aromatic rings. The molecule has 0 spiro atoms. The maximum Gasteiger partial charge on any atom is 0.00728 e. The second-order valence-corrected chi connectivity index (χ2v) is 6.15. The van der Waals surface area contributed by atoms with Crippen molar-refractivity contribution in [1.29, 1.82) is 0 Å². The van der Waals surface area contributed by atoms with Crippen molar-refractivity contribution in [2.24, 2.45) is 11.8 Å². The summed E-state index contributed by atoms with van der Waals surface area (Å²) in [5.41, 5.74) is 0. The van der Waals surface area contributed by atoms with Gasteiger partial charge in [-0.25, -0.2) is 0 Å². The zero-order valence-corrected chi connectivity index (χ0v) is 11.7. The van der Waals surface area contributed by atoms with Gasteiger partial charge in [0.15, 0.2) is 0 Å². The van der Waals surface area contributed by atoms with Crippen molar-refractivity contribution in [3.05, 3.63) is 0 Å². The van der Waals surface area contributed by atoms with Crippen LogP contribution in [0, 0.1) is 11.8 Å². The van der Waals surface area contributed by atoms with E-state index in [-0.39, 0.29) is 0 Å². The molecule has 2 rings (SSSR count). The molecule has 2 N–H and O–H groups in total. The van der Waals surface area contributed by atoms with E-state index in [1.54, 1.807) is 0 Å². The highest BCUT2D eigenvalue weighted by Gasteiger charge is 2.32. The first kappa shape index (κ1) is 13.4. The summed E-state index contributed by atoms with van der Waals surface area (Å²) in [6.45, 7) is 7.08. The average molecular weight is 238 g/mol. The number of nitrogens with one attached hydrogen (secondary N) is 2. The quantitative estimate of drug-likeness (QED) is 0.666. The van der Waals surface area contributed by atoms with Crippen molar-refractivity contribution in [3.8, 4) is 0 Å². The normalized spacial score (nSPS) is 32.3. The van der Waals surface area contributed by atoms with Crippen LogP contribution in [0.1, 0.15) is 58.8 Å². The van der Waals surface area contributed by atoms with Crippen molar-refractivity contribution in [1.82, 2.24) is 10.6 Å². The largest absolute Gasteiger partial charge is 0.316 e. The Morgan fingerprint density at radius 2 is 1.76 bits per heavy atom. The van der Waals surface area contributed by atoms with Gasteiger partial charge in [-0.05, 0) is 57.0 Å². The molecule has 2 atom stereocenters. The molecule has 2 nitrogen and oxygen atoms in total. The Kier molecular flexibility index (Phi) is 5.30. The molecule has 0 aliphatic carbocycles. The van der Waals surface area contributed by atoms with Gasteiger partial charge >= 0.3 is 0 Å². The molecule has 2 fully saturated rings. The Balaban J connectivity index is 1.56. The monoisotopic (exact) mass is 238 g/mol. The first-order valence-electron chi connectivity index (χ1n) is 7.78.